The van der Waals surface area contributed by atoms with E-state index in [0.717, 1.165) is 96.7 Å². The summed E-state index contributed by atoms with van der Waals surface area (Å²) in [7, 11) is 0. The zero-order valence-corrected chi connectivity index (χ0v) is 69.0. The summed E-state index contributed by atoms with van der Waals surface area (Å²) in [6, 6.07) is 9.78. The lowest BCUT2D eigenvalue weighted by molar-refractivity contribution is -0.141. The van der Waals surface area contributed by atoms with Gasteiger partial charge >= 0.3 is 12.4 Å². The van der Waals surface area contributed by atoms with E-state index in [1.807, 2.05) is 11.5 Å². The summed E-state index contributed by atoms with van der Waals surface area (Å²) in [4.78, 5) is 118. The number of fused-ring (bicyclic) bond motifs is 5. The number of nitrogens with zero attached hydrogens (tertiary/aromatic N) is 30. The van der Waals surface area contributed by atoms with Crippen LogP contribution in [0.2, 0.25) is 5.02 Å². The van der Waals surface area contributed by atoms with Crippen molar-refractivity contribution in [3.8, 4) is 28.4 Å². The first kappa shape index (κ1) is 89.2. The van der Waals surface area contributed by atoms with E-state index >= 15 is 0 Å². The molecule has 0 atom stereocenters. The number of alkyl halides is 6. The van der Waals surface area contributed by atoms with Gasteiger partial charge in [0.05, 0.1) is 161 Å². The van der Waals surface area contributed by atoms with Crippen molar-refractivity contribution in [2.75, 3.05) is 55.3 Å². The molecule has 0 aliphatic rings. The van der Waals surface area contributed by atoms with E-state index in [1.54, 1.807) is 102 Å². The standard InChI is InChI=1S/C17H12F4N8O.C16H10F4N8O.C16H13FN8O.C15H11ClN8O.C15H11FN8O/c1-8-25-12(17(19,20)21)7-28(8)11-2-3-23-5-10(11)26-16(30)13-14(22)27-29-6-9(18)4-24-15(13)29;17-8-3-23-14-12(13(21)26-28(14)5-8)15(29)25-9-4-22-2-1-10(9)27-6-11(24-7-27)16(18,19)20;1-9-20-4-5-24(9)12-2-3-19-7-11(12)22-16(26)13-14(18)23-25-8-10(17)6-21-15(13)25;16-9-5-20-14-12(13(17)22-24(14)7-9)15(25)21-10-6-18-2-1-11(10)23-4-3-19-8-23;16-9-6-19-14-12(13(17)22-24(14)8-9)15(25)21-10-7-18-4-2-11(10)23-5-1-3-20-23/h2-7H,1H3,(H2,22,27)(H,26,30);1-7H,(H2,21,26)(H,25,29);2-8H,1H3,(H2,18,23)(H,22,26);2*1-8H,(H2,17,22)(H,21,25). The number of nitrogen functional groups attached to an aromatic ring is 5. The maximum Gasteiger partial charge on any atom is 0.434 e. The van der Waals surface area contributed by atoms with E-state index in [9.17, 15) is 67.9 Å². The first-order valence-electron chi connectivity index (χ1n) is 38.2. The molecule has 20 aromatic heterocycles. The molecule has 56 heteroatoms. The van der Waals surface area contributed by atoms with Crippen LogP contribution in [0.1, 0.15) is 74.8 Å². The van der Waals surface area contributed by atoms with E-state index in [2.05, 4.69) is 127 Å². The normalized spacial score (nSPS) is 11.3. The molecule has 0 aliphatic heterocycles. The number of carbonyl (C=O) groups excluding carboxylic acids is 5. The minimum Gasteiger partial charge on any atom is -0.381 e. The minimum atomic E-state index is -4.63. The zero-order valence-electron chi connectivity index (χ0n) is 68.3. The van der Waals surface area contributed by atoms with Gasteiger partial charge in [0.25, 0.3) is 29.5 Å². The second kappa shape index (κ2) is 36.9. The van der Waals surface area contributed by atoms with E-state index in [0.29, 0.717) is 44.8 Å². The third-order valence-corrected chi connectivity index (χ3v) is 19.1. The largest absolute Gasteiger partial charge is 0.434 e. The van der Waals surface area contributed by atoms with Gasteiger partial charge in [-0.1, -0.05) is 11.6 Å². The highest BCUT2D eigenvalue weighted by atomic mass is 35.5. The summed E-state index contributed by atoms with van der Waals surface area (Å²) in [5.74, 6) is -5.18. The fraction of sp³-hybridized carbons (Fsp3) is 0.0506. The predicted molar refractivity (Wildman–Crippen MR) is 458 cm³/mol. The van der Waals surface area contributed by atoms with Crippen molar-refractivity contribution >= 4 is 127 Å². The average molecular weight is 1870 g/mol. The average Bonchev–Trinajstić information content (AvgIpc) is 1.64. The number of nitrogens with one attached hydrogen (secondary N) is 5. The molecular weight excluding hydrogens is 1810 g/mol. The molecule has 0 saturated heterocycles. The summed E-state index contributed by atoms with van der Waals surface area (Å²) in [5.41, 5.74) is 31.5. The van der Waals surface area contributed by atoms with Crippen molar-refractivity contribution in [3.63, 3.8) is 0 Å². The van der Waals surface area contributed by atoms with Crippen molar-refractivity contribution in [2.24, 2.45) is 0 Å². The summed E-state index contributed by atoms with van der Waals surface area (Å²) in [6.07, 6.45) is 30.6. The number of nitrogens with two attached hydrogens (primary N) is 5. The molecule has 0 fully saturated rings. The van der Waals surface area contributed by atoms with E-state index in [1.165, 1.54) is 77.7 Å². The molecule has 20 heterocycles. The minimum absolute atomic E-state index is 0.00817. The fourth-order valence-electron chi connectivity index (χ4n) is 13.0. The Labute approximate surface area is 749 Å². The van der Waals surface area contributed by atoms with Crippen LogP contribution in [0.5, 0.6) is 0 Å². The van der Waals surface area contributed by atoms with Crippen molar-refractivity contribution in [1.29, 1.82) is 0 Å². The molecular formula is C79H57ClF10N40O5. The molecule has 0 spiro atoms. The topological polar surface area (TPSA) is 580 Å². The Bertz CT molecular complexity index is 7740. The van der Waals surface area contributed by atoms with Crippen molar-refractivity contribution in [2.45, 2.75) is 26.2 Å². The van der Waals surface area contributed by atoms with E-state index < -0.39 is 76.5 Å². The molecule has 0 saturated carbocycles. The smallest absolute Gasteiger partial charge is 0.381 e. The van der Waals surface area contributed by atoms with Crippen molar-refractivity contribution in [1.82, 2.24) is 146 Å². The third-order valence-electron chi connectivity index (χ3n) is 18.9. The fourth-order valence-corrected chi connectivity index (χ4v) is 13.2. The highest BCUT2D eigenvalue weighted by Gasteiger charge is 2.37. The molecule has 0 radical (unpaired) electrons. The van der Waals surface area contributed by atoms with Gasteiger partial charge in [-0.25, -0.2) is 89.7 Å². The molecule has 5 amide bonds. The second-order valence-corrected chi connectivity index (χ2v) is 28.1. The first-order valence-corrected chi connectivity index (χ1v) is 38.5. The van der Waals surface area contributed by atoms with Crippen LogP contribution in [0.15, 0.2) is 223 Å². The summed E-state index contributed by atoms with van der Waals surface area (Å²) in [5, 5.41) is 37.4. The Kier molecular flexibility index (Phi) is 24.4. The van der Waals surface area contributed by atoms with Gasteiger partial charge in [0.1, 0.15) is 39.5 Å². The van der Waals surface area contributed by atoms with Crippen LogP contribution < -0.4 is 55.3 Å². The van der Waals surface area contributed by atoms with Crippen LogP contribution in [-0.4, -0.2) is 175 Å². The van der Waals surface area contributed by atoms with Gasteiger partial charge in [-0.3, -0.25) is 48.9 Å². The number of aromatic nitrogens is 30. The number of rotatable bonds is 15. The van der Waals surface area contributed by atoms with Gasteiger partial charge in [0, 0.05) is 86.8 Å². The molecule has 135 heavy (non-hydrogen) atoms. The first-order chi connectivity index (χ1) is 64.7. The molecule has 45 nitrogen and oxygen atoms in total. The molecule has 680 valence electrons. The monoisotopic (exact) mass is 1870 g/mol. The molecule has 0 unspecified atom stereocenters. The van der Waals surface area contributed by atoms with E-state index in [-0.39, 0.29) is 108 Å². The van der Waals surface area contributed by atoms with E-state index in [4.69, 9.17) is 40.3 Å². The van der Waals surface area contributed by atoms with Gasteiger partial charge < -0.3 is 73.5 Å². The summed E-state index contributed by atoms with van der Waals surface area (Å²) < 4.78 is 144. The Morgan fingerprint density at radius 1 is 0.341 bits per heavy atom. The van der Waals surface area contributed by atoms with Gasteiger partial charge in [-0.15, -0.1) is 25.5 Å². The van der Waals surface area contributed by atoms with Gasteiger partial charge in [-0.05, 0) is 50.2 Å². The number of imidazole rings is 4. The zero-order chi connectivity index (χ0) is 95.4. The third kappa shape index (κ3) is 18.9. The molecule has 20 aromatic rings. The van der Waals surface area contributed by atoms with Crippen LogP contribution in [0, 0.1) is 37.1 Å². The predicted octanol–water partition coefficient (Wildman–Crippen LogP) is 9.59. The lowest BCUT2D eigenvalue weighted by Gasteiger charge is -2.12. The Hall–Kier alpha value is -19.2. The van der Waals surface area contributed by atoms with Crippen molar-refractivity contribution in [3.05, 3.63) is 302 Å². The number of halogens is 11. The maximum absolute atomic E-state index is 13.3. The Morgan fingerprint density at radius 3 is 1.04 bits per heavy atom. The maximum atomic E-state index is 13.3. The number of amides is 5. The van der Waals surface area contributed by atoms with Gasteiger partial charge in [-0.2, -0.15) is 31.4 Å². The molecule has 0 bridgehead atoms. The number of pyridine rings is 5. The highest BCUT2D eigenvalue weighted by Crippen LogP contribution is 2.35. The number of carbonyl (C=O) groups is 5. The van der Waals surface area contributed by atoms with Crippen LogP contribution in [-0.2, 0) is 12.4 Å². The quantitative estimate of drug-likeness (QED) is 0.0427. The van der Waals surface area contributed by atoms with Crippen molar-refractivity contribution < 1.29 is 67.9 Å². The number of hydrogen-bond donors (Lipinski definition) is 10. The molecule has 20 rings (SSSR count). The summed E-state index contributed by atoms with van der Waals surface area (Å²) in [6.45, 7) is 3.23. The Balaban J connectivity index is 0.000000123. The lowest BCUT2D eigenvalue weighted by Crippen LogP contribution is -2.16. The Morgan fingerprint density at radius 2 is 0.696 bits per heavy atom. The molecule has 15 N–H and O–H groups in total. The van der Waals surface area contributed by atoms with Crippen LogP contribution in [0.4, 0.5) is 101 Å². The SMILES string of the molecule is Cc1nc(C(F)(F)F)cn1-c1ccncc1NC(=O)c1c(N)nn2cc(F)cnc12.Cc1nccn1-c1ccncc1NC(=O)c1c(N)nn2cc(F)cnc12.Nc1nn2cc(Cl)cnc2c1C(=O)Nc1cnccc1-n1ccnc1.Nc1nn2cc(F)cnc2c1C(=O)Nc1cnccc1-n1cccn1.Nc1nn2cc(F)cnc2c1C(=O)Nc1cnccc1-n1cnc(C(F)(F)F)c1. The number of hydrogen-bond acceptors (Lipinski definition) is 30. The van der Waals surface area contributed by atoms with Crippen LogP contribution >= 0.6 is 11.6 Å². The summed E-state index contributed by atoms with van der Waals surface area (Å²) >= 11 is 5.89. The molecule has 0 aliphatic carbocycles. The highest BCUT2D eigenvalue weighted by molar-refractivity contribution is 6.30. The number of aryl methyl sites for hydroxylation is 2. The lowest BCUT2D eigenvalue weighted by atomic mass is 10.2. The van der Waals surface area contributed by atoms with Crippen LogP contribution in [0.25, 0.3) is 56.7 Å². The van der Waals surface area contributed by atoms with Gasteiger partial charge in [0.15, 0.2) is 92.0 Å². The van der Waals surface area contributed by atoms with Gasteiger partial charge in [0.2, 0.25) is 0 Å². The molecule has 0 aromatic carbocycles. The second-order valence-electron chi connectivity index (χ2n) is 27.7. The number of anilines is 10. The van der Waals surface area contributed by atoms with Crippen LogP contribution in [0.3, 0.4) is 0 Å².